The van der Waals surface area contributed by atoms with Crippen LogP contribution in [0, 0.1) is 0 Å². The van der Waals surface area contributed by atoms with Crippen molar-refractivity contribution in [3.8, 4) is 0 Å². The molecule has 8 heteroatoms. The maximum Gasteiger partial charge on any atom is 0.326 e. The summed E-state index contributed by atoms with van der Waals surface area (Å²) in [5.74, 6) is -2.77. The van der Waals surface area contributed by atoms with Gasteiger partial charge in [-0.2, -0.15) is 0 Å². The Hall–Kier alpha value is -1.67. The normalized spacial score (nSPS) is 17.1. The van der Waals surface area contributed by atoms with E-state index in [1.54, 1.807) is 0 Å². The number of ether oxygens (including phenoxy) is 1. The van der Waals surface area contributed by atoms with Gasteiger partial charge >= 0.3 is 11.9 Å². The van der Waals surface area contributed by atoms with Gasteiger partial charge in [-0.1, -0.05) is 0 Å². The van der Waals surface area contributed by atoms with E-state index in [9.17, 15) is 14.4 Å². The van der Waals surface area contributed by atoms with Gasteiger partial charge in [-0.3, -0.25) is 9.59 Å². The summed E-state index contributed by atoms with van der Waals surface area (Å²) in [6.45, 7) is 2.03. The van der Waals surface area contributed by atoms with Crippen LogP contribution in [0.3, 0.4) is 0 Å². The number of amides is 1. The predicted molar refractivity (Wildman–Crippen MR) is 72.9 cm³/mol. The van der Waals surface area contributed by atoms with Crippen LogP contribution in [0.1, 0.15) is 32.1 Å². The molecule has 1 aliphatic heterocycles. The molecule has 1 heterocycles. The zero-order chi connectivity index (χ0) is 15.7. The molecular formula is C13H22N2O6. The van der Waals surface area contributed by atoms with Gasteiger partial charge in [-0.25, -0.2) is 4.79 Å². The van der Waals surface area contributed by atoms with Crippen LogP contribution in [0.5, 0.6) is 0 Å². The van der Waals surface area contributed by atoms with Crippen LogP contribution < -0.4 is 10.6 Å². The number of hydrogen-bond donors (Lipinski definition) is 4. The number of rotatable bonds is 9. The number of nitrogens with one attached hydrogen (secondary N) is 2. The van der Waals surface area contributed by atoms with Crippen LogP contribution in [-0.4, -0.2) is 59.9 Å². The highest BCUT2D eigenvalue weighted by atomic mass is 16.5. The third-order valence-electron chi connectivity index (χ3n) is 3.25. The molecule has 0 aromatic heterocycles. The Kier molecular flexibility index (Phi) is 7.70. The Balaban J connectivity index is 2.22. The first-order valence-corrected chi connectivity index (χ1v) is 7.05. The van der Waals surface area contributed by atoms with Gasteiger partial charge in [0.15, 0.2) is 0 Å². The largest absolute Gasteiger partial charge is 0.481 e. The van der Waals surface area contributed by atoms with Crippen molar-refractivity contribution < 1.29 is 29.3 Å². The lowest BCUT2D eigenvalue weighted by atomic mass is 10.1. The molecule has 0 radical (unpaired) electrons. The fourth-order valence-electron chi connectivity index (χ4n) is 2.07. The van der Waals surface area contributed by atoms with E-state index in [1.807, 2.05) is 0 Å². The van der Waals surface area contributed by atoms with Gasteiger partial charge in [0, 0.05) is 12.8 Å². The fourth-order valence-corrected chi connectivity index (χ4v) is 2.07. The van der Waals surface area contributed by atoms with Gasteiger partial charge in [0.25, 0.3) is 0 Å². The van der Waals surface area contributed by atoms with Crippen molar-refractivity contribution in [3.63, 3.8) is 0 Å². The SMILES string of the molecule is O=C(O)CCC(NC(=O)CCOC1CCNCC1)C(=O)O. The van der Waals surface area contributed by atoms with Gasteiger partial charge in [0.2, 0.25) is 5.91 Å². The van der Waals surface area contributed by atoms with Crippen LogP contribution in [0.15, 0.2) is 0 Å². The minimum Gasteiger partial charge on any atom is -0.481 e. The maximum absolute atomic E-state index is 11.6. The van der Waals surface area contributed by atoms with Crippen molar-refractivity contribution in [1.82, 2.24) is 10.6 Å². The quantitative estimate of drug-likeness (QED) is 0.456. The summed E-state index contributed by atoms with van der Waals surface area (Å²) < 4.78 is 5.55. The number of carboxylic acid groups (broad SMARTS) is 2. The molecule has 1 rings (SSSR count). The molecule has 120 valence electrons. The van der Waals surface area contributed by atoms with Gasteiger partial charge < -0.3 is 25.6 Å². The zero-order valence-corrected chi connectivity index (χ0v) is 11.8. The second-order valence-electron chi connectivity index (χ2n) is 4.96. The first kappa shape index (κ1) is 17.4. The number of hydrogen-bond acceptors (Lipinski definition) is 5. The summed E-state index contributed by atoms with van der Waals surface area (Å²) in [5, 5.41) is 23.0. The van der Waals surface area contributed by atoms with Crippen molar-refractivity contribution in [1.29, 1.82) is 0 Å². The van der Waals surface area contributed by atoms with Crippen LogP contribution in [-0.2, 0) is 19.1 Å². The standard InChI is InChI=1S/C13H22N2O6/c16-11(5-8-21-9-3-6-14-7-4-9)15-10(13(19)20)1-2-12(17)18/h9-10,14H,1-8H2,(H,15,16)(H,17,18)(H,19,20). The molecule has 1 saturated heterocycles. The third-order valence-corrected chi connectivity index (χ3v) is 3.25. The fraction of sp³-hybridized carbons (Fsp3) is 0.769. The van der Waals surface area contributed by atoms with Gasteiger partial charge in [-0.15, -0.1) is 0 Å². The Morgan fingerprint density at radius 3 is 2.43 bits per heavy atom. The minimum absolute atomic E-state index is 0.0702. The number of carbonyl (C=O) groups excluding carboxylic acids is 1. The van der Waals surface area contributed by atoms with Crippen LogP contribution in [0.25, 0.3) is 0 Å². The molecule has 21 heavy (non-hydrogen) atoms. The minimum atomic E-state index is -1.23. The first-order valence-electron chi connectivity index (χ1n) is 7.05. The smallest absolute Gasteiger partial charge is 0.326 e. The Morgan fingerprint density at radius 1 is 1.19 bits per heavy atom. The monoisotopic (exact) mass is 302 g/mol. The van der Waals surface area contributed by atoms with Gasteiger partial charge in [0.1, 0.15) is 6.04 Å². The molecule has 1 atom stereocenters. The highest BCUT2D eigenvalue weighted by Crippen LogP contribution is 2.07. The summed E-state index contributed by atoms with van der Waals surface area (Å²) in [4.78, 5) is 33.0. The molecule has 1 aliphatic rings. The van der Waals surface area contributed by atoms with E-state index < -0.39 is 23.9 Å². The average Bonchev–Trinajstić information content (AvgIpc) is 2.44. The first-order chi connectivity index (χ1) is 9.99. The molecule has 1 unspecified atom stereocenters. The number of carboxylic acids is 2. The lowest BCUT2D eigenvalue weighted by Crippen LogP contribution is -2.41. The zero-order valence-electron chi connectivity index (χ0n) is 11.8. The summed E-state index contributed by atoms with van der Waals surface area (Å²) in [5.41, 5.74) is 0. The summed E-state index contributed by atoms with van der Waals surface area (Å²) in [7, 11) is 0. The highest BCUT2D eigenvalue weighted by Gasteiger charge is 2.21. The van der Waals surface area contributed by atoms with Crippen molar-refractivity contribution in [3.05, 3.63) is 0 Å². The van der Waals surface area contributed by atoms with Crippen LogP contribution in [0.2, 0.25) is 0 Å². The lowest BCUT2D eigenvalue weighted by Gasteiger charge is -2.23. The van der Waals surface area contributed by atoms with E-state index in [1.165, 1.54) is 0 Å². The van der Waals surface area contributed by atoms with E-state index in [2.05, 4.69) is 10.6 Å². The summed E-state index contributed by atoms with van der Waals surface area (Å²) in [6.07, 6.45) is 1.58. The van der Waals surface area contributed by atoms with Gasteiger partial charge in [0.05, 0.1) is 12.7 Å². The van der Waals surface area contributed by atoms with Crippen molar-refractivity contribution in [2.45, 2.75) is 44.2 Å². The molecule has 0 aromatic rings. The molecule has 0 bridgehead atoms. The Labute approximate surface area is 122 Å². The van der Waals surface area contributed by atoms with E-state index in [0.717, 1.165) is 25.9 Å². The number of piperidine rings is 1. The van der Waals surface area contributed by atoms with E-state index >= 15 is 0 Å². The van der Waals surface area contributed by atoms with E-state index in [-0.39, 0.29) is 32.0 Å². The van der Waals surface area contributed by atoms with Crippen LogP contribution >= 0.6 is 0 Å². The lowest BCUT2D eigenvalue weighted by molar-refractivity contribution is -0.143. The predicted octanol–water partition coefficient (Wildman–Crippen LogP) is -0.421. The Bertz CT molecular complexity index is 368. The molecular weight excluding hydrogens is 280 g/mol. The Morgan fingerprint density at radius 2 is 1.86 bits per heavy atom. The number of carbonyl (C=O) groups is 3. The van der Waals surface area contributed by atoms with E-state index in [4.69, 9.17) is 14.9 Å². The molecule has 0 aliphatic carbocycles. The molecule has 0 spiro atoms. The topological polar surface area (TPSA) is 125 Å². The van der Waals surface area contributed by atoms with Crippen molar-refractivity contribution in [2.75, 3.05) is 19.7 Å². The molecule has 0 saturated carbocycles. The summed E-state index contributed by atoms with van der Waals surface area (Å²) in [6, 6.07) is -1.17. The second-order valence-corrected chi connectivity index (χ2v) is 4.96. The molecule has 1 amide bonds. The third kappa shape index (κ3) is 7.62. The van der Waals surface area contributed by atoms with Crippen LogP contribution in [0.4, 0.5) is 0 Å². The summed E-state index contributed by atoms with van der Waals surface area (Å²) >= 11 is 0. The van der Waals surface area contributed by atoms with Crippen molar-refractivity contribution >= 4 is 17.8 Å². The molecule has 4 N–H and O–H groups in total. The molecule has 8 nitrogen and oxygen atoms in total. The second kappa shape index (κ2) is 9.30. The number of aliphatic carboxylic acids is 2. The average molecular weight is 302 g/mol. The molecule has 1 fully saturated rings. The van der Waals surface area contributed by atoms with E-state index in [0.29, 0.717) is 0 Å². The highest BCUT2D eigenvalue weighted by molar-refractivity contribution is 5.83. The maximum atomic E-state index is 11.6. The van der Waals surface area contributed by atoms with Crippen molar-refractivity contribution in [2.24, 2.45) is 0 Å². The molecule has 0 aromatic carbocycles. The van der Waals surface area contributed by atoms with Gasteiger partial charge in [-0.05, 0) is 32.4 Å².